The lowest BCUT2D eigenvalue weighted by Crippen LogP contribution is -2.49. The molecule has 0 bridgehead atoms. The van der Waals surface area contributed by atoms with E-state index >= 15 is 0 Å². The van der Waals surface area contributed by atoms with E-state index in [4.69, 9.17) is 10.5 Å². The van der Waals surface area contributed by atoms with Crippen LogP contribution in [0.3, 0.4) is 0 Å². The van der Waals surface area contributed by atoms with Crippen molar-refractivity contribution in [2.45, 2.75) is 58.0 Å². The summed E-state index contributed by atoms with van der Waals surface area (Å²) in [7, 11) is 1.56. The quantitative estimate of drug-likeness (QED) is 0.788. The van der Waals surface area contributed by atoms with Crippen LogP contribution in [0.2, 0.25) is 0 Å². The van der Waals surface area contributed by atoms with E-state index in [1.54, 1.807) is 7.11 Å². The Morgan fingerprint density at radius 1 is 1.32 bits per heavy atom. The van der Waals surface area contributed by atoms with E-state index in [0.717, 1.165) is 5.92 Å². The lowest BCUT2D eigenvalue weighted by molar-refractivity contribution is -0.124. The number of amides is 1. The number of ether oxygens (including phenoxy) is 1. The fourth-order valence-electron chi connectivity index (χ4n) is 2.79. The molecule has 1 fully saturated rings. The van der Waals surface area contributed by atoms with Crippen molar-refractivity contribution < 1.29 is 9.53 Å². The second-order valence-electron chi connectivity index (χ2n) is 5.62. The highest BCUT2D eigenvalue weighted by atomic mass is 35.5. The third kappa shape index (κ3) is 6.11. The van der Waals surface area contributed by atoms with Crippen molar-refractivity contribution in [3.8, 4) is 0 Å². The number of methoxy groups -OCH3 is 1. The summed E-state index contributed by atoms with van der Waals surface area (Å²) in [5, 5.41) is 3.02. The highest BCUT2D eigenvalue weighted by molar-refractivity contribution is 5.85. The minimum atomic E-state index is -0.559. The Hall–Kier alpha value is -0.320. The molecule has 0 aromatic carbocycles. The fraction of sp³-hybridized carbons (Fsp3) is 0.929. The molecule has 0 radical (unpaired) electrons. The number of rotatable bonds is 6. The number of carbonyl (C=O) groups is 1. The van der Waals surface area contributed by atoms with Gasteiger partial charge in [-0.05, 0) is 18.8 Å². The van der Waals surface area contributed by atoms with Gasteiger partial charge in [0.25, 0.3) is 0 Å². The van der Waals surface area contributed by atoms with E-state index in [1.807, 2.05) is 0 Å². The summed E-state index contributed by atoms with van der Waals surface area (Å²) < 4.78 is 4.90. The van der Waals surface area contributed by atoms with Gasteiger partial charge < -0.3 is 15.8 Å². The monoisotopic (exact) mass is 292 g/mol. The molecule has 5 heteroatoms. The molecular formula is C14H29ClN2O2. The molecule has 3 atom stereocenters. The van der Waals surface area contributed by atoms with E-state index in [2.05, 4.69) is 19.2 Å². The number of nitrogens with two attached hydrogens (primary N) is 1. The van der Waals surface area contributed by atoms with Gasteiger partial charge >= 0.3 is 0 Å². The lowest BCUT2D eigenvalue weighted by atomic mass is 9.78. The summed E-state index contributed by atoms with van der Waals surface area (Å²) in [5.41, 5.74) is 5.72. The molecule has 0 aromatic rings. The van der Waals surface area contributed by atoms with Gasteiger partial charge in [-0.2, -0.15) is 0 Å². The second kappa shape index (κ2) is 9.56. The van der Waals surface area contributed by atoms with Crippen molar-refractivity contribution in [2.75, 3.05) is 13.7 Å². The number of carbonyl (C=O) groups excluding carboxylic acids is 1. The molecule has 3 unspecified atom stereocenters. The maximum atomic E-state index is 11.8. The summed E-state index contributed by atoms with van der Waals surface area (Å²) >= 11 is 0. The Morgan fingerprint density at radius 2 is 1.89 bits per heavy atom. The molecule has 0 saturated heterocycles. The molecule has 1 saturated carbocycles. The van der Waals surface area contributed by atoms with Crippen LogP contribution in [0.15, 0.2) is 0 Å². The maximum absolute atomic E-state index is 11.8. The normalized spacial score (nSPS) is 21.1. The van der Waals surface area contributed by atoms with E-state index in [0.29, 0.717) is 5.92 Å². The van der Waals surface area contributed by atoms with Gasteiger partial charge in [0, 0.05) is 13.2 Å². The molecule has 1 rings (SSSR count). The number of halogens is 1. The van der Waals surface area contributed by atoms with E-state index < -0.39 is 6.04 Å². The molecule has 1 amide bonds. The summed E-state index contributed by atoms with van der Waals surface area (Å²) in [6, 6.07) is -0.375. The molecule has 0 spiro atoms. The molecular weight excluding hydrogens is 264 g/mol. The lowest BCUT2D eigenvalue weighted by Gasteiger charge is -2.32. The maximum Gasteiger partial charge on any atom is 0.239 e. The summed E-state index contributed by atoms with van der Waals surface area (Å²) in [5.74, 6) is 1.16. The largest absolute Gasteiger partial charge is 0.383 e. The Morgan fingerprint density at radius 3 is 2.42 bits per heavy atom. The van der Waals surface area contributed by atoms with Crippen LogP contribution in [0.5, 0.6) is 0 Å². The topological polar surface area (TPSA) is 64.3 Å². The predicted molar refractivity (Wildman–Crippen MR) is 80.4 cm³/mol. The van der Waals surface area contributed by atoms with Gasteiger partial charge in [-0.25, -0.2) is 0 Å². The van der Waals surface area contributed by atoms with Crippen LogP contribution in [-0.4, -0.2) is 31.7 Å². The zero-order valence-electron chi connectivity index (χ0n) is 12.4. The Kier molecular flexibility index (Phi) is 9.40. The smallest absolute Gasteiger partial charge is 0.239 e. The van der Waals surface area contributed by atoms with Gasteiger partial charge in [0.2, 0.25) is 5.91 Å². The summed E-state index contributed by atoms with van der Waals surface area (Å²) in [4.78, 5) is 11.8. The first-order valence-electron chi connectivity index (χ1n) is 7.11. The average Bonchev–Trinajstić information content (AvgIpc) is 2.39. The Balaban J connectivity index is 0.00000324. The van der Waals surface area contributed by atoms with Crippen LogP contribution >= 0.6 is 12.4 Å². The standard InChI is InChI=1S/C14H28N2O2.ClH/c1-10(12-7-5-4-6-8-12)11(2)16-14(17)13(15)9-18-3;/h10-13H,4-9,15H2,1-3H3,(H,16,17);1H. The molecule has 0 heterocycles. The molecule has 3 N–H and O–H groups in total. The third-order valence-corrected chi connectivity index (χ3v) is 4.24. The van der Waals surface area contributed by atoms with Crippen molar-refractivity contribution in [3.63, 3.8) is 0 Å². The van der Waals surface area contributed by atoms with E-state index in [-0.39, 0.29) is 31.0 Å². The SMILES string of the molecule is COCC(N)C(=O)NC(C)C(C)C1CCCCC1.Cl. The summed E-state index contributed by atoms with van der Waals surface area (Å²) in [6.07, 6.45) is 6.62. The first-order chi connectivity index (χ1) is 8.56. The molecule has 0 aromatic heterocycles. The van der Waals surface area contributed by atoms with Gasteiger partial charge in [-0.3, -0.25) is 4.79 Å². The second-order valence-corrected chi connectivity index (χ2v) is 5.62. The van der Waals surface area contributed by atoms with Gasteiger partial charge in [-0.15, -0.1) is 12.4 Å². The Bertz CT molecular complexity index is 258. The zero-order valence-corrected chi connectivity index (χ0v) is 13.2. The van der Waals surface area contributed by atoms with Gasteiger partial charge in [0.15, 0.2) is 0 Å². The van der Waals surface area contributed by atoms with Crippen molar-refractivity contribution in [3.05, 3.63) is 0 Å². The predicted octanol–water partition coefficient (Wildman–Crippen LogP) is 2.10. The fourth-order valence-corrected chi connectivity index (χ4v) is 2.79. The van der Waals surface area contributed by atoms with Crippen molar-refractivity contribution in [1.82, 2.24) is 5.32 Å². The molecule has 4 nitrogen and oxygen atoms in total. The molecule has 1 aliphatic rings. The van der Waals surface area contributed by atoms with Gasteiger partial charge in [0.1, 0.15) is 6.04 Å². The number of hydrogen-bond acceptors (Lipinski definition) is 3. The molecule has 1 aliphatic carbocycles. The molecule has 19 heavy (non-hydrogen) atoms. The van der Waals surface area contributed by atoms with Gasteiger partial charge in [0.05, 0.1) is 6.61 Å². The highest BCUT2D eigenvalue weighted by Gasteiger charge is 2.26. The minimum Gasteiger partial charge on any atom is -0.383 e. The number of nitrogens with one attached hydrogen (secondary N) is 1. The van der Waals surface area contributed by atoms with Crippen LogP contribution in [0, 0.1) is 11.8 Å². The first-order valence-corrected chi connectivity index (χ1v) is 7.11. The van der Waals surface area contributed by atoms with Crippen LogP contribution in [-0.2, 0) is 9.53 Å². The van der Waals surface area contributed by atoms with E-state index in [9.17, 15) is 4.79 Å². The molecule has 0 aliphatic heterocycles. The Labute approximate surface area is 123 Å². The van der Waals surface area contributed by atoms with E-state index in [1.165, 1.54) is 32.1 Å². The van der Waals surface area contributed by atoms with Crippen LogP contribution in [0.1, 0.15) is 46.0 Å². The summed E-state index contributed by atoms with van der Waals surface area (Å²) in [6.45, 7) is 4.59. The highest BCUT2D eigenvalue weighted by Crippen LogP contribution is 2.31. The van der Waals surface area contributed by atoms with Crippen molar-refractivity contribution >= 4 is 18.3 Å². The van der Waals surface area contributed by atoms with Crippen molar-refractivity contribution in [2.24, 2.45) is 17.6 Å². The number of hydrogen-bond donors (Lipinski definition) is 2. The third-order valence-electron chi connectivity index (χ3n) is 4.24. The minimum absolute atomic E-state index is 0. The molecule has 114 valence electrons. The average molecular weight is 293 g/mol. The van der Waals surface area contributed by atoms with Crippen LogP contribution in [0.25, 0.3) is 0 Å². The van der Waals surface area contributed by atoms with Crippen molar-refractivity contribution in [1.29, 1.82) is 0 Å². The van der Waals surface area contributed by atoms with Crippen LogP contribution < -0.4 is 11.1 Å². The van der Waals surface area contributed by atoms with Gasteiger partial charge in [-0.1, -0.05) is 39.0 Å². The first kappa shape index (κ1) is 18.7. The van der Waals surface area contributed by atoms with Crippen LogP contribution in [0.4, 0.5) is 0 Å². The zero-order chi connectivity index (χ0) is 13.5.